The molecule has 0 saturated carbocycles. The summed E-state index contributed by atoms with van der Waals surface area (Å²) in [5, 5.41) is 14.5. The first kappa shape index (κ1) is 13.7. The van der Waals surface area contributed by atoms with Gasteiger partial charge in [-0.1, -0.05) is 11.6 Å². The number of H-pyrrole nitrogens is 1. The molecule has 0 amide bonds. The molecular weight excluding hydrogens is 308 g/mol. The lowest BCUT2D eigenvalue weighted by Gasteiger charge is -2.45. The van der Waals surface area contributed by atoms with Crippen molar-refractivity contribution in [2.45, 2.75) is 43.9 Å². The molecule has 4 rings (SSSR count). The Morgan fingerprint density at radius 3 is 3.19 bits per heavy atom. The molecule has 112 valence electrons. The highest BCUT2D eigenvalue weighted by Crippen LogP contribution is 2.49. The maximum absolute atomic E-state index is 6.30. The number of rotatable bonds is 1. The average molecular weight is 325 g/mol. The zero-order valence-electron chi connectivity index (χ0n) is 11.7. The number of ether oxygens (including phenoxy) is 1. The van der Waals surface area contributed by atoms with E-state index in [-0.39, 0.29) is 11.6 Å². The van der Waals surface area contributed by atoms with E-state index in [2.05, 4.69) is 33.7 Å². The number of fused-ring (bicyclic) bond motifs is 2. The molecule has 0 radical (unpaired) electrons. The van der Waals surface area contributed by atoms with Gasteiger partial charge in [0, 0.05) is 17.3 Å². The van der Waals surface area contributed by atoms with Crippen molar-refractivity contribution in [2.75, 3.05) is 6.61 Å². The zero-order valence-corrected chi connectivity index (χ0v) is 13.3. The highest BCUT2D eigenvalue weighted by atomic mass is 35.5. The van der Waals surface area contributed by atoms with Crippen LogP contribution in [0.25, 0.3) is 0 Å². The number of piperidine rings is 1. The predicted octanol–water partition coefficient (Wildman–Crippen LogP) is 2.80. The minimum Gasteiger partial charge on any atom is -0.369 e. The molecule has 5 nitrogen and oxygen atoms in total. The number of hydrogen-bond donors (Lipinski definition) is 2. The monoisotopic (exact) mass is 324 g/mol. The summed E-state index contributed by atoms with van der Waals surface area (Å²) in [5.74, 6) is 0. The number of aromatic nitrogens is 3. The van der Waals surface area contributed by atoms with Crippen molar-refractivity contribution >= 4 is 22.9 Å². The fourth-order valence-corrected chi connectivity index (χ4v) is 5.09. The smallest absolute Gasteiger partial charge is 0.106 e. The minimum atomic E-state index is -0.236. The molecule has 0 bridgehead atoms. The SMILES string of the molecule is CC1CC2(CC(c3cn[nH]n3)N1)OCCc1cc(Cl)sc12. The summed E-state index contributed by atoms with van der Waals surface area (Å²) in [5.41, 5.74) is 2.06. The lowest BCUT2D eigenvalue weighted by Crippen LogP contribution is -2.49. The van der Waals surface area contributed by atoms with Gasteiger partial charge in [0.1, 0.15) is 5.60 Å². The molecule has 1 saturated heterocycles. The summed E-state index contributed by atoms with van der Waals surface area (Å²) < 4.78 is 7.15. The van der Waals surface area contributed by atoms with Crippen LogP contribution in [0.3, 0.4) is 0 Å². The molecule has 3 atom stereocenters. The van der Waals surface area contributed by atoms with Crippen LogP contribution in [-0.4, -0.2) is 28.1 Å². The molecular formula is C14H17ClN4OS. The molecule has 2 aromatic rings. The van der Waals surface area contributed by atoms with Crippen LogP contribution in [-0.2, 0) is 16.8 Å². The first-order valence-corrected chi connectivity index (χ1v) is 8.40. The fraction of sp³-hybridized carbons (Fsp3) is 0.571. The highest BCUT2D eigenvalue weighted by Gasteiger charge is 2.46. The lowest BCUT2D eigenvalue weighted by atomic mass is 9.79. The largest absolute Gasteiger partial charge is 0.369 e. The minimum absolute atomic E-state index is 0.152. The molecule has 0 aromatic carbocycles. The number of thiophene rings is 1. The molecule has 7 heteroatoms. The summed E-state index contributed by atoms with van der Waals surface area (Å²) in [6.07, 6.45) is 4.57. The van der Waals surface area contributed by atoms with Crippen LogP contribution in [0, 0.1) is 0 Å². The van der Waals surface area contributed by atoms with Gasteiger partial charge in [0.25, 0.3) is 0 Å². The molecule has 3 unspecified atom stereocenters. The Morgan fingerprint density at radius 2 is 2.38 bits per heavy atom. The number of halogens is 1. The van der Waals surface area contributed by atoms with E-state index >= 15 is 0 Å². The van der Waals surface area contributed by atoms with E-state index in [1.165, 1.54) is 10.4 Å². The van der Waals surface area contributed by atoms with Gasteiger partial charge in [-0.2, -0.15) is 15.4 Å². The number of nitrogens with zero attached hydrogens (tertiary/aromatic N) is 2. The van der Waals surface area contributed by atoms with Gasteiger partial charge in [-0.25, -0.2) is 0 Å². The molecule has 0 aliphatic carbocycles. The molecule has 2 N–H and O–H groups in total. The van der Waals surface area contributed by atoms with E-state index in [9.17, 15) is 0 Å². The second kappa shape index (κ2) is 5.05. The maximum Gasteiger partial charge on any atom is 0.106 e. The highest BCUT2D eigenvalue weighted by molar-refractivity contribution is 7.16. The Kier molecular flexibility index (Phi) is 3.29. The van der Waals surface area contributed by atoms with Crippen molar-refractivity contribution < 1.29 is 4.74 Å². The van der Waals surface area contributed by atoms with Gasteiger partial charge in [0.05, 0.1) is 28.9 Å². The third-order valence-corrected chi connectivity index (χ3v) is 5.88. The summed E-state index contributed by atoms with van der Waals surface area (Å²) in [7, 11) is 0. The van der Waals surface area contributed by atoms with E-state index in [4.69, 9.17) is 16.3 Å². The zero-order chi connectivity index (χ0) is 14.4. The van der Waals surface area contributed by atoms with Crippen LogP contribution < -0.4 is 5.32 Å². The first-order valence-electron chi connectivity index (χ1n) is 7.21. The van der Waals surface area contributed by atoms with Crippen LogP contribution in [0.5, 0.6) is 0 Å². The maximum atomic E-state index is 6.30. The topological polar surface area (TPSA) is 62.8 Å². The van der Waals surface area contributed by atoms with Gasteiger partial charge in [-0.05, 0) is 31.4 Å². The second-order valence-electron chi connectivity index (χ2n) is 5.92. The van der Waals surface area contributed by atoms with Crippen molar-refractivity contribution in [1.82, 2.24) is 20.7 Å². The third kappa shape index (κ3) is 2.30. The summed E-state index contributed by atoms with van der Waals surface area (Å²) >= 11 is 7.91. The average Bonchev–Trinajstić information content (AvgIpc) is 3.07. The molecule has 21 heavy (non-hydrogen) atoms. The molecule has 2 aliphatic rings. The molecule has 2 aliphatic heterocycles. The van der Waals surface area contributed by atoms with Crippen molar-refractivity contribution in [3.63, 3.8) is 0 Å². The van der Waals surface area contributed by atoms with Gasteiger partial charge in [0.2, 0.25) is 0 Å². The Morgan fingerprint density at radius 1 is 1.48 bits per heavy atom. The van der Waals surface area contributed by atoms with Crippen LogP contribution in [0.15, 0.2) is 12.3 Å². The van der Waals surface area contributed by atoms with Crippen molar-refractivity contribution in [3.8, 4) is 0 Å². The molecule has 1 fully saturated rings. The standard InChI is InChI=1S/C14H17ClN4OS/c1-8-5-14(6-10(17-8)11-7-16-19-18-11)13-9(2-3-20-14)4-12(15)21-13/h4,7-8,10,17H,2-3,5-6H2,1H3,(H,16,18,19). The molecule has 4 heterocycles. The van der Waals surface area contributed by atoms with Gasteiger partial charge < -0.3 is 10.1 Å². The van der Waals surface area contributed by atoms with Crippen LogP contribution >= 0.6 is 22.9 Å². The fourth-order valence-electron chi connectivity index (χ4n) is 3.63. The Bertz CT molecular complexity index is 643. The molecule has 2 aromatic heterocycles. The van der Waals surface area contributed by atoms with Crippen LogP contribution in [0.4, 0.5) is 0 Å². The van der Waals surface area contributed by atoms with Crippen molar-refractivity contribution in [2.24, 2.45) is 0 Å². The first-order chi connectivity index (χ1) is 10.2. The number of nitrogens with one attached hydrogen (secondary N) is 2. The predicted molar refractivity (Wildman–Crippen MR) is 81.6 cm³/mol. The van der Waals surface area contributed by atoms with E-state index in [0.29, 0.717) is 6.04 Å². The van der Waals surface area contributed by atoms with Crippen molar-refractivity contribution in [1.29, 1.82) is 0 Å². The number of aromatic amines is 1. The summed E-state index contributed by atoms with van der Waals surface area (Å²) in [4.78, 5) is 1.31. The van der Waals surface area contributed by atoms with E-state index in [1.54, 1.807) is 17.5 Å². The Balaban J connectivity index is 1.73. The van der Waals surface area contributed by atoms with Gasteiger partial charge in [-0.15, -0.1) is 11.3 Å². The summed E-state index contributed by atoms with van der Waals surface area (Å²) in [6.45, 7) is 2.96. The lowest BCUT2D eigenvalue weighted by molar-refractivity contribution is -0.0957. The van der Waals surface area contributed by atoms with E-state index < -0.39 is 0 Å². The normalized spacial score (nSPS) is 32.3. The van der Waals surface area contributed by atoms with Crippen molar-refractivity contribution in [3.05, 3.63) is 32.7 Å². The van der Waals surface area contributed by atoms with Crippen LogP contribution in [0.2, 0.25) is 4.34 Å². The molecule has 1 spiro atoms. The number of hydrogen-bond acceptors (Lipinski definition) is 5. The van der Waals surface area contributed by atoms with E-state index in [1.807, 2.05) is 0 Å². The van der Waals surface area contributed by atoms with Gasteiger partial charge in [-0.3, -0.25) is 0 Å². The summed E-state index contributed by atoms with van der Waals surface area (Å²) in [6, 6.07) is 2.61. The quantitative estimate of drug-likeness (QED) is 0.846. The van der Waals surface area contributed by atoms with Gasteiger partial charge in [0.15, 0.2) is 0 Å². The Hall–Kier alpha value is -0.950. The third-order valence-electron chi connectivity index (χ3n) is 4.39. The van der Waals surface area contributed by atoms with Gasteiger partial charge >= 0.3 is 0 Å². The van der Waals surface area contributed by atoms with E-state index in [0.717, 1.165) is 35.9 Å². The van der Waals surface area contributed by atoms with Crippen LogP contribution in [0.1, 0.15) is 41.9 Å². The Labute approximate surface area is 132 Å². The second-order valence-corrected chi connectivity index (χ2v) is 7.60.